The summed E-state index contributed by atoms with van der Waals surface area (Å²) < 4.78 is 52.8. The summed E-state index contributed by atoms with van der Waals surface area (Å²) in [5, 5.41) is 2.57. The summed E-state index contributed by atoms with van der Waals surface area (Å²) >= 11 is 0. The molecule has 1 aromatic heterocycles. The molecular formula is C24H19F4N2O. The number of hydrogen-bond acceptors (Lipinski definition) is 2. The highest BCUT2D eigenvalue weighted by molar-refractivity contribution is 5.91. The van der Waals surface area contributed by atoms with Crippen molar-refractivity contribution in [3.8, 4) is 11.1 Å². The number of nitrogens with zero attached hydrogens (tertiary/aromatic N) is 1. The first kappa shape index (κ1) is 21.0. The third-order valence-corrected chi connectivity index (χ3v) is 5.29. The van der Waals surface area contributed by atoms with E-state index >= 15 is 0 Å². The van der Waals surface area contributed by atoms with Gasteiger partial charge in [0.2, 0.25) is 5.91 Å². The quantitative estimate of drug-likeness (QED) is 0.493. The molecule has 0 atom stereocenters. The van der Waals surface area contributed by atoms with E-state index in [4.69, 9.17) is 0 Å². The topological polar surface area (TPSA) is 42.0 Å². The number of aromatic nitrogens is 1. The van der Waals surface area contributed by atoms with Gasteiger partial charge in [0.05, 0.1) is 12.0 Å². The average Bonchev–Trinajstić information content (AvgIpc) is 2.68. The number of carbonyl (C=O) groups is 1. The standard InChI is InChI=1S/C24H19F4N2O/c25-21-13-17(7-9-20(21)16-4-2-5-16)18-8-10-22(29-14-18)30-23(31)12-15-3-1-6-19(11-15)24(26,27)28/h1,3,6-11,13-14H,2,4-5,12H2,(H,29,30,31). The molecule has 1 N–H and O–H groups in total. The molecule has 1 aliphatic rings. The first-order valence-corrected chi connectivity index (χ1v) is 9.86. The van der Waals surface area contributed by atoms with E-state index in [9.17, 15) is 22.4 Å². The zero-order valence-electron chi connectivity index (χ0n) is 16.5. The molecule has 0 bridgehead atoms. The fraction of sp³-hybridized carbons (Fsp3) is 0.208. The van der Waals surface area contributed by atoms with Crippen LogP contribution in [0.25, 0.3) is 11.1 Å². The molecule has 159 valence electrons. The second-order valence-electron chi connectivity index (χ2n) is 7.51. The molecule has 3 aromatic rings. The van der Waals surface area contributed by atoms with Crippen molar-refractivity contribution in [2.45, 2.75) is 31.9 Å². The molecule has 2 aromatic carbocycles. The number of anilines is 1. The maximum absolute atomic E-state index is 14.4. The van der Waals surface area contributed by atoms with Gasteiger partial charge in [0.15, 0.2) is 0 Å². The van der Waals surface area contributed by atoms with Crippen LogP contribution >= 0.6 is 0 Å². The van der Waals surface area contributed by atoms with E-state index in [1.54, 1.807) is 18.2 Å². The highest BCUT2D eigenvalue weighted by Crippen LogP contribution is 2.37. The van der Waals surface area contributed by atoms with Crippen molar-refractivity contribution < 1.29 is 22.4 Å². The van der Waals surface area contributed by atoms with Crippen molar-refractivity contribution in [1.82, 2.24) is 4.98 Å². The van der Waals surface area contributed by atoms with E-state index in [0.717, 1.165) is 37.3 Å². The summed E-state index contributed by atoms with van der Waals surface area (Å²) in [7, 11) is 0. The Hall–Kier alpha value is -3.22. The normalized spacial score (nSPS) is 14.2. The Balaban J connectivity index is 1.40. The molecular weight excluding hydrogens is 408 g/mol. The molecule has 1 radical (unpaired) electrons. The number of nitrogens with one attached hydrogen (secondary N) is 1. The molecule has 7 heteroatoms. The second-order valence-corrected chi connectivity index (χ2v) is 7.51. The number of pyridine rings is 1. The van der Waals surface area contributed by atoms with Crippen LogP contribution in [0.5, 0.6) is 0 Å². The number of carbonyl (C=O) groups excluding carboxylic acids is 1. The maximum atomic E-state index is 14.4. The summed E-state index contributed by atoms with van der Waals surface area (Å²) in [6.07, 6.45) is -0.178. The first-order chi connectivity index (χ1) is 14.8. The lowest BCUT2D eigenvalue weighted by molar-refractivity contribution is -0.137. The van der Waals surface area contributed by atoms with Crippen molar-refractivity contribution >= 4 is 11.7 Å². The Morgan fingerprint density at radius 3 is 2.39 bits per heavy atom. The zero-order valence-corrected chi connectivity index (χ0v) is 16.5. The lowest BCUT2D eigenvalue weighted by Gasteiger charge is -2.25. The number of hydrogen-bond donors (Lipinski definition) is 1. The van der Waals surface area contributed by atoms with Gasteiger partial charge in [-0.2, -0.15) is 13.2 Å². The van der Waals surface area contributed by atoms with E-state index in [2.05, 4.69) is 10.3 Å². The monoisotopic (exact) mass is 427 g/mol. The van der Waals surface area contributed by atoms with Crippen molar-refractivity contribution in [2.75, 3.05) is 5.32 Å². The largest absolute Gasteiger partial charge is 0.416 e. The number of alkyl halides is 3. The van der Waals surface area contributed by atoms with Gasteiger partial charge in [0, 0.05) is 17.7 Å². The van der Waals surface area contributed by atoms with Crippen molar-refractivity contribution in [3.63, 3.8) is 0 Å². The van der Waals surface area contributed by atoms with Gasteiger partial charge in [-0.25, -0.2) is 9.37 Å². The van der Waals surface area contributed by atoms with Gasteiger partial charge in [0.25, 0.3) is 0 Å². The van der Waals surface area contributed by atoms with Crippen LogP contribution in [0.2, 0.25) is 0 Å². The SMILES string of the molecule is O=C(Cc1cccc(C(F)(F)F)c1)Nc1ccc(-c2ccc([C]3CCC3)c(F)c2)cn1. The smallest absolute Gasteiger partial charge is 0.310 e. The molecule has 1 heterocycles. The zero-order chi connectivity index (χ0) is 22.0. The number of rotatable bonds is 5. The summed E-state index contributed by atoms with van der Waals surface area (Å²) in [5.74, 6) is 0.669. The fourth-order valence-corrected chi connectivity index (χ4v) is 3.47. The molecule has 1 amide bonds. The Kier molecular flexibility index (Phi) is 5.76. The van der Waals surface area contributed by atoms with E-state index in [0.29, 0.717) is 16.7 Å². The molecule has 1 saturated carbocycles. The first-order valence-electron chi connectivity index (χ1n) is 9.86. The fourth-order valence-electron chi connectivity index (χ4n) is 3.47. The Morgan fingerprint density at radius 1 is 1.00 bits per heavy atom. The van der Waals surface area contributed by atoms with Gasteiger partial charge >= 0.3 is 6.18 Å². The van der Waals surface area contributed by atoms with Crippen LogP contribution < -0.4 is 5.32 Å². The minimum atomic E-state index is -4.46. The van der Waals surface area contributed by atoms with Crippen LogP contribution in [0.4, 0.5) is 23.4 Å². The third kappa shape index (κ3) is 4.93. The molecule has 1 aliphatic carbocycles. The Labute approximate surface area is 177 Å². The van der Waals surface area contributed by atoms with Crippen LogP contribution in [0.15, 0.2) is 60.8 Å². The van der Waals surface area contributed by atoms with Gasteiger partial charge in [-0.3, -0.25) is 4.79 Å². The highest BCUT2D eigenvalue weighted by atomic mass is 19.4. The number of amides is 1. The minimum Gasteiger partial charge on any atom is -0.310 e. The summed E-state index contributed by atoms with van der Waals surface area (Å²) in [6.45, 7) is 0. The molecule has 0 saturated heterocycles. The molecule has 4 rings (SSSR count). The van der Waals surface area contributed by atoms with Crippen LogP contribution in [-0.2, 0) is 17.4 Å². The number of benzene rings is 2. The van der Waals surface area contributed by atoms with Gasteiger partial charge in [-0.15, -0.1) is 0 Å². The molecule has 31 heavy (non-hydrogen) atoms. The van der Waals surface area contributed by atoms with E-state index in [1.165, 1.54) is 24.4 Å². The lowest BCUT2D eigenvalue weighted by atomic mass is 9.79. The van der Waals surface area contributed by atoms with Crippen molar-refractivity contribution in [2.24, 2.45) is 0 Å². The van der Waals surface area contributed by atoms with E-state index in [1.807, 2.05) is 6.07 Å². The lowest BCUT2D eigenvalue weighted by Crippen LogP contribution is -2.16. The van der Waals surface area contributed by atoms with Crippen LogP contribution in [-0.4, -0.2) is 10.9 Å². The summed E-state index contributed by atoms with van der Waals surface area (Å²) in [4.78, 5) is 16.4. The summed E-state index contributed by atoms with van der Waals surface area (Å²) in [5.41, 5.74) is 1.50. The third-order valence-electron chi connectivity index (χ3n) is 5.29. The molecule has 0 spiro atoms. The molecule has 0 aliphatic heterocycles. The van der Waals surface area contributed by atoms with Crippen LogP contribution in [0.3, 0.4) is 0 Å². The number of halogens is 4. The van der Waals surface area contributed by atoms with Gasteiger partial charge in [0.1, 0.15) is 11.6 Å². The van der Waals surface area contributed by atoms with Gasteiger partial charge in [-0.05, 0) is 53.8 Å². The average molecular weight is 427 g/mol. The minimum absolute atomic E-state index is 0.209. The van der Waals surface area contributed by atoms with Gasteiger partial charge < -0.3 is 5.32 Å². The van der Waals surface area contributed by atoms with E-state index < -0.39 is 17.6 Å². The predicted octanol–water partition coefficient (Wildman–Crippen LogP) is 6.19. The van der Waals surface area contributed by atoms with Crippen molar-refractivity contribution in [1.29, 1.82) is 0 Å². The van der Waals surface area contributed by atoms with Crippen LogP contribution in [0.1, 0.15) is 36.0 Å². The molecule has 0 unspecified atom stereocenters. The second kappa shape index (κ2) is 8.49. The summed E-state index contributed by atoms with van der Waals surface area (Å²) in [6, 6.07) is 13.0. The highest BCUT2D eigenvalue weighted by Gasteiger charge is 2.30. The van der Waals surface area contributed by atoms with E-state index in [-0.39, 0.29) is 23.6 Å². The predicted molar refractivity (Wildman–Crippen MR) is 110 cm³/mol. The maximum Gasteiger partial charge on any atom is 0.416 e. The van der Waals surface area contributed by atoms with Crippen LogP contribution in [0, 0.1) is 11.7 Å². The Morgan fingerprint density at radius 2 is 1.77 bits per heavy atom. The molecule has 1 fully saturated rings. The van der Waals surface area contributed by atoms with Gasteiger partial charge in [-0.1, -0.05) is 36.8 Å². The van der Waals surface area contributed by atoms with Crippen molar-refractivity contribution in [3.05, 3.63) is 89.2 Å². The molecule has 3 nitrogen and oxygen atoms in total. The Bertz CT molecular complexity index is 1090.